The Morgan fingerprint density at radius 1 is 0.895 bits per heavy atom. The predicted octanol–water partition coefficient (Wildman–Crippen LogP) is 4.12. The standard InChI is InChI=1S/C13H22.2CHNO/c1-11-7-5-6-10-13(11)12-8-3-2-4-9-12;2*2-1-3/h12-13H,1-10H2;2*2H. The highest BCUT2D eigenvalue weighted by molar-refractivity contribution is 5.26. The van der Waals surface area contributed by atoms with Gasteiger partial charge in [0, 0.05) is 0 Å². The third-order valence-corrected chi connectivity index (χ3v) is 4.01. The van der Waals surface area contributed by atoms with Crippen LogP contribution in [0.2, 0.25) is 0 Å². The van der Waals surface area contributed by atoms with Gasteiger partial charge in [-0.1, -0.05) is 37.8 Å². The number of allylic oxidation sites excluding steroid dienone is 1. The van der Waals surface area contributed by atoms with E-state index in [4.69, 9.17) is 20.4 Å². The highest BCUT2D eigenvalue weighted by Crippen LogP contribution is 2.40. The average molecular weight is 264 g/mol. The lowest BCUT2D eigenvalue weighted by molar-refractivity contribution is 0.244. The second-order valence-corrected chi connectivity index (χ2v) is 5.11. The second-order valence-electron chi connectivity index (χ2n) is 5.11. The van der Waals surface area contributed by atoms with Crippen LogP contribution in [0.4, 0.5) is 0 Å². The first-order chi connectivity index (χ1) is 9.21. The molecular weight excluding hydrogens is 240 g/mol. The number of hydrogen-bond acceptors (Lipinski definition) is 4. The number of rotatable bonds is 1. The quantitative estimate of drug-likeness (QED) is 0.424. The lowest BCUT2D eigenvalue weighted by Gasteiger charge is -2.34. The van der Waals surface area contributed by atoms with Crippen molar-refractivity contribution in [3.05, 3.63) is 12.2 Å². The topological polar surface area (TPSA) is 81.8 Å². The molecule has 2 aliphatic rings. The summed E-state index contributed by atoms with van der Waals surface area (Å²) in [4.78, 5) is 16.7. The first kappa shape index (κ1) is 17.5. The molecule has 0 radical (unpaired) electrons. The maximum absolute atomic E-state index is 8.35. The third-order valence-electron chi connectivity index (χ3n) is 4.01. The molecule has 0 aromatic heterocycles. The van der Waals surface area contributed by atoms with Gasteiger partial charge in [0.25, 0.3) is 0 Å². The number of nitrogens with one attached hydrogen (secondary N) is 2. The van der Waals surface area contributed by atoms with Crippen molar-refractivity contribution in [2.24, 2.45) is 11.8 Å². The van der Waals surface area contributed by atoms with Crippen molar-refractivity contribution >= 4 is 12.2 Å². The summed E-state index contributed by atoms with van der Waals surface area (Å²) in [7, 11) is 0. The van der Waals surface area contributed by atoms with Crippen molar-refractivity contribution in [3.8, 4) is 0 Å². The molecule has 2 fully saturated rings. The zero-order chi connectivity index (χ0) is 14.5. The minimum atomic E-state index is 0.750. The summed E-state index contributed by atoms with van der Waals surface area (Å²) in [6.45, 7) is 4.27. The Morgan fingerprint density at radius 3 is 1.84 bits per heavy atom. The van der Waals surface area contributed by atoms with E-state index >= 15 is 0 Å². The molecule has 0 heterocycles. The molecule has 0 aliphatic heterocycles. The molecule has 4 nitrogen and oxygen atoms in total. The van der Waals surface area contributed by atoms with Gasteiger partial charge in [-0.2, -0.15) is 0 Å². The van der Waals surface area contributed by atoms with Gasteiger partial charge < -0.3 is 0 Å². The van der Waals surface area contributed by atoms with Gasteiger partial charge in [-0.3, -0.25) is 0 Å². The fraction of sp³-hybridized carbons (Fsp3) is 0.733. The first-order valence-electron chi connectivity index (χ1n) is 6.96. The fourth-order valence-corrected chi connectivity index (χ4v) is 3.21. The van der Waals surface area contributed by atoms with Gasteiger partial charge in [-0.25, -0.2) is 20.4 Å². The molecule has 1 unspecified atom stereocenters. The molecule has 19 heavy (non-hydrogen) atoms. The molecule has 2 N–H and O–H groups in total. The van der Waals surface area contributed by atoms with Crippen molar-refractivity contribution in [2.75, 3.05) is 0 Å². The number of hydrogen-bond donors (Lipinski definition) is 2. The molecule has 2 saturated carbocycles. The van der Waals surface area contributed by atoms with Gasteiger partial charge in [0.1, 0.15) is 0 Å². The van der Waals surface area contributed by atoms with Gasteiger partial charge in [-0.05, 0) is 43.9 Å². The molecule has 0 aromatic carbocycles. The maximum Gasteiger partial charge on any atom is 0.231 e. The van der Waals surface area contributed by atoms with Crippen molar-refractivity contribution in [3.63, 3.8) is 0 Å². The van der Waals surface area contributed by atoms with E-state index in [1.54, 1.807) is 5.57 Å². The smallest absolute Gasteiger partial charge is 0.222 e. The van der Waals surface area contributed by atoms with Gasteiger partial charge in [0.2, 0.25) is 12.2 Å². The van der Waals surface area contributed by atoms with Crippen LogP contribution in [0.1, 0.15) is 57.8 Å². The minimum absolute atomic E-state index is 0.750. The molecule has 0 spiro atoms. The highest BCUT2D eigenvalue weighted by Gasteiger charge is 2.27. The molecule has 4 heteroatoms. The number of carbonyl (C=O) groups excluding carboxylic acids is 2. The summed E-state index contributed by atoms with van der Waals surface area (Å²) in [6, 6.07) is 0. The zero-order valence-electron chi connectivity index (χ0n) is 11.5. The van der Waals surface area contributed by atoms with Gasteiger partial charge in [0.05, 0.1) is 0 Å². The molecular formula is C15H24N2O2. The van der Waals surface area contributed by atoms with E-state index in [-0.39, 0.29) is 0 Å². The molecule has 0 aromatic rings. The summed E-state index contributed by atoms with van der Waals surface area (Å²) >= 11 is 0. The molecule has 1 atom stereocenters. The van der Waals surface area contributed by atoms with E-state index in [1.807, 2.05) is 0 Å². The summed E-state index contributed by atoms with van der Waals surface area (Å²) in [5, 5.41) is 10.8. The van der Waals surface area contributed by atoms with Gasteiger partial charge >= 0.3 is 0 Å². The highest BCUT2D eigenvalue weighted by atomic mass is 16.1. The first-order valence-corrected chi connectivity index (χ1v) is 6.96. The Kier molecular flexibility index (Phi) is 10.7. The molecule has 106 valence electrons. The molecule has 2 aliphatic carbocycles. The zero-order valence-corrected chi connectivity index (χ0v) is 11.5. The van der Waals surface area contributed by atoms with Crippen molar-refractivity contribution < 1.29 is 9.59 Å². The average Bonchev–Trinajstić information content (AvgIpc) is 2.42. The maximum atomic E-state index is 8.35. The van der Waals surface area contributed by atoms with Crippen LogP contribution in [0.25, 0.3) is 0 Å². The summed E-state index contributed by atoms with van der Waals surface area (Å²) < 4.78 is 0. The van der Waals surface area contributed by atoms with E-state index in [0.29, 0.717) is 0 Å². The SMILES string of the molecule is C=C1CCCCC1C1CCCCC1.N=C=O.N=C=O. The van der Waals surface area contributed by atoms with Crippen LogP contribution in [0.15, 0.2) is 12.2 Å². The largest absolute Gasteiger partial charge is 0.231 e. The van der Waals surface area contributed by atoms with E-state index in [9.17, 15) is 0 Å². The number of isocyanates is 2. The van der Waals surface area contributed by atoms with Crippen molar-refractivity contribution in [1.29, 1.82) is 10.8 Å². The molecule has 2 rings (SSSR count). The Morgan fingerprint density at radius 2 is 1.37 bits per heavy atom. The van der Waals surface area contributed by atoms with Gasteiger partial charge in [-0.15, -0.1) is 0 Å². The van der Waals surface area contributed by atoms with Crippen LogP contribution in [-0.2, 0) is 9.59 Å². The van der Waals surface area contributed by atoms with E-state index in [2.05, 4.69) is 6.58 Å². The molecule has 0 bridgehead atoms. The second kappa shape index (κ2) is 11.6. The summed E-state index contributed by atoms with van der Waals surface area (Å²) in [6.07, 6.45) is 14.6. The predicted molar refractivity (Wildman–Crippen MR) is 74.5 cm³/mol. The third kappa shape index (κ3) is 7.50. The minimum Gasteiger partial charge on any atom is -0.222 e. The normalized spacial score (nSPS) is 22.7. The summed E-state index contributed by atoms with van der Waals surface area (Å²) in [5.41, 5.74) is 1.58. The Balaban J connectivity index is 0.000000465. The Bertz CT molecular complexity index is 309. The van der Waals surface area contributed by atoms with Crippen LogP contribution in [0.3, 0.4) is 0 Å². The van der Waals surface area contributed by atoms with E-state index in [0.717, 1.165) is 24.0 Å². The van der Waals surface area contributed by atoms with Crippen molar-refractivity contribution in [2.45, 2.75) is 57.8 Å². The molecule has 0 amide bonds. The Labute approximate surface area is 115 Å². The van der Waals surface area contributed by atoms with Crippen LogP contribution in [-0.4, -0.2) is 12.2 Å². The van der Waals surface area contributed by atoms with Crippen LogP contribution >= 0.6 is 0 Å². The Hall–Kier alpha value is -1.50. The van der Waals surface area contributed by atoms with E-state index in [1.165, 1.54) is 57.8 Å². The van der Waals surface area contributed by atoms with Crippen LogP contribution < -0.4 is 0 Å². The lowest BCUT2D eigenvalue weighted by Crippen LogP contribution is -2.22. The summed E-state index contributed by atoms with van der Waals surface area (Å²) in [5.74, 6) is 1.93. The van der Waals surface area contributed by atoms with Crippen LogP contribution in [0.5, 0.6) is 0 Å². The van der Waals surface area contributed by atoms with E-state index < -0.39 is 0 Å². The molecule has 0 saturated heterocycles. The fourth-order valence-electron chi connectivity index (χ4n) is 3.21. The monoisotopic (exact) mass is 264 g/mol. The van der Waals surface area contributed by atoms with Crippen molar-refractivity contribution in [1.82, 2.24) is 0 Å². The van der Waals surface area contributed by atoms with Crippen LogP contribution in [0, 0.1) is 22.7 Å². The van der Waals surface area contributed by atoms with Gasteiger partial charge in [0.15, 0.2) is 0 Å². The lowest BCUT2D eigenvalue weighted by atomic mass is 9.71.